The summed E-state index contributed by atoms with van der Waals surface area (Å²) < 4.78 is 27.9. The van der Waals surface area contributed by atoms with Gasteiger partial charge in [-0.15, -0.1) is 12.4 Å². The minimum Gasteiger partial charge on any atom is -0.390 e. The molecule has 224 valence electrons. The fourth-order valence-electron chi connectivity index (χ4n) is 5.07. The second-order valence-corrected chi connectivity index (χ2v) is 11.2. The summed E-state index contributed by atoms with van der Waals surface area (Å²) in [4.78, 5) is 15.6. The molecular formula is C33H44ClF2N3O2. The van der Waals surface area contributed by atoms with Crippen LogP contribution in [0.2, 0.25) is 0 Å². The molecule has 3 aromatic carbocycles. The fourth-order valence-corrected chi connectivity index (χ4v) is 5.07. The van der Waals surface area contributed by atoms with Crippen LogP contribution < -0.4 is 10.6 Å². The first-order valence-electron chi connectivity index (χ1n) is 14.0. The first kappa shape index (κ1) is 34.4. The fraction of sp³-hybridized carbons (Fsp3) is 0.424. The molecule has 0 unspecified atom stereocenters. The third kappa shape index (κ3) is 11.5. The minimum absolute atomic E-state index is 0. The average Bonchev–Trinajstić information content (AvgIpc) is 2.86. The van der Waals surface area contributed by atoms with E-state index in [0.29, 0.717) is 30.1 Å². The van der Waals surface area contributed by atoms with Gasteiger partial charge in [-0.3, -0.25) is 4.79 Å². The van der Waals surface area contributed by atoms with E-state index in [-0.39, 0.29) is 31.3 Å². The number of rotatable bonds is 14. The number of carbonyl (C=O) groups excluding carboxylic acids is 1. The van der Waals surface area contributed by atoms with Crippen LogP contribution >= 0.6 is 12.4 Å². The number of benzene rings is 3. The Hall–Kier alpha value is -2.84. The summed E-state index contributed by atoms with van der Waals surface area (Å²) in [7, 11) is 2.05. The largest absolute Gasteiger partial charge is 0.390 e. The Balaban J connectivity index is 0.00000588. The van der Waals surface area contributed by atoms with Crippen molar-refractivity contribution in [2.24, 2.45) is 5.92 Å². The van der Waals surface area contributed by atoms with E-state index < -0.39 is 23.8 Å². The van der Waals surface area contributed by atoms with Crippen LogP contribution in [0.25, 0.3) is 0 Å². The molecule has 0 aromatic heterocycles. The highest BCUT2D eigenvalue weighted by molar-refractivity contribution is 5.94. The van der Waals surface area contributed by atoms with Gasteiger partial charge in [-0.1, -0.05) is 56.7 Å². The number of amides is 1. The number of nitrogens with one attached hydrogen (secondary N) is 2. The van der Waals surface area contributed by atoms with Gasteiger partial charge in [0.05, 0.1) is 12.1 Å². The molecule has 3 rings (SSSR count). The zero-order valence-electron chi connectivity index (χ0n) is 24.7. The van der Waals surface area contributed by atoms with Gasteiger partial charge in [0, 0.05) is 37.8 Å². The molecule has 8 heteroatoms. The van der Waals surface area contributed by atoms with Gasteiger partial charge in [-0.25, -0.2) is 8.78 Å². The van der Waals surface area contributed by atoms with Crippen molar-refractivity contribution in [2.45, 2.75) is 65.8 Å². The van der Waals surface area contributed by atoms with Crippen molar-refractivity contribution >= 4 is 18.3 Å². The maximum absolute atomic E-state index is 13.9. The molecule has 3 aromatic rings. The molecule has 0 aliphatic heterocycles. The summed E-state index contributed by atoms with van der Waals surface area (Å²) in [6.45, 7) is 10.8. The van der Waals surface area contributed by atoms with E-state index in [4.69, 9.17) is 0 Å². The molecule has 0 heterocycles. The van der Waals surface area contributed by atoms with E-state index in [1.54, 1.807) is 0 Å². The Bertz CT molecular complexity index is 1250. The zero-order chi connectivity index (χ0) is 29.2. The maximum atomic E-state index is 13.9. The van der Waals surface area contributed by atoms with Crippen LogP contribution in [0.5, 0.6) is 0 Å². The first-order chi connectivity index (χ1) is 19.0. The second kappa shape index (κ2) is 16.6. The molecule has 0 aliphatic rings. The monoisotopic (exact) mass is 587 g/mol. The lowest BCUT2D eigenvalue weighted by atomic mass is 9.99. The molecule has 0 radical (unpaired) electrons. The van der Waals surface area contributed by atoms with Gasteiger partial charge in [0.2, 0.25) is 0 Å². The van der Waals surface area contributed by atoms with Crippen molar-refractivity contribution in [3.63, 3.8) is 0 Å². The molecule has 41 heavy (non-hydrogen) atoms. The number of halogens is 3. The maximum Gasteiger partial charge on any atom is 0.251 e. The van der Waals surface area contributed by atoms with E-state index >= 15 is 0 Å². The molecule has 3 N–H and O–H groups in total. The van der Waals surface area contributed by atoms with E-state index in [9.17, 15) is 18.7 Å². The van der Waals surface area contributed by atoms with Crippen molar-refractivity contribution in [3.8, 4) is 0 Å². The van der Waals surface area contributed by atoms with Crippen LogP contribution in [0.4, 0.5) is 8.78 Å². The number of carbonyl (C=O) groups is 1. The molecule has 5 nitrogen and oxygen atoms in total. The van der Waals surface area contributed by atoms with Crippen molar-refractivity contribution in [3.05, 3.63) is 106 Å². The Morgan fingerprint density at radius 3 is 2.29 bits per heavy atom. The highest BCUT2D eigenvalue weighted by Gasteiger charge is 2.23. The molecule has 2 atom stereocenters. The Morgan fingerprint density at radius 2 is 1.63 bits per heavy atom. The van der Waals surface area contributed by atoms with E-state index in [1.165, 1.54) is 17.7 Å². The molecule has 0 spiro atoms. The lowest BCUT2D eigenvalue weighted by Gasteiger charge is -2.25. The second-order valence-electron chi connectivity index (χ2n) is 11.2. The summed E-state index contributed by atoms with van der Waals surface area (Å²) in [5, 5.41) is 17.3. The number of aryl methyl sites for hydroxylation is 2. The van der Waals surface area contributed by atoms with Gasteiger partial charge in [0.1, 0.15) is 11.6 Å². The number of nitrogens with zero attached hydrogens (tertiary/aromatic N) is 1. The summed E-state index contributed by atoms with van der Waals surface area (Å²) in [6.07, 6.45) is 0.0134. The highest BCUT2D eigenvalue weighted by Crippen LogP contribution is 2.16. The Labute approximate surface area is 249 Å². The van der Waals surface area contributed by atoms with Crippen molar-refractivity contribution in [1.29, 1.82) is 0 Å². The van der Waals surface area contributed by atoms with Gasteiger partial charge < -0.3 is 20.6 Å². The molecule has 0 fully saturated rings. The van der Waals surface area contributed by atoms with Crippen molar-refractivity contribution in [2.75, 3.05) is 20.1 Å². The molecule has 1 amide bonds. The SMILES string of the molecule is CCc1cccc(CNC[C@@H](O)[C@H](Cc2cc(F)cc(F)c2)NC(=O)c2cc(C)cc(CN(C)CC(C)C)c2)c1.Cl. The van der Waals surface area contributed by atoms with E-state index in [2.05, 4.69) is 61.6 Å². The number of aliphatic hydroxyl groups excluding tert-OH is 1. The van der Waals surface area contributed by atoms with Crippen LogP contribution in [0, 0.1) is 24.5 Å². The molecular weight excluding hydrogens is 544 g/mol. The highest BCUT2D eigenvalue weighted by atomic mass is 35.5. The van der Waals surface area contributed by atoms with Crippen LogP contribution in [-0.4, -0.2) is 48.2 Å². The van der Waals surface area contributed by atoms with Crippen LogP contribution in [-0.2, 0) is 25.9 Å². The van der Waals surface area contributed by atoms with Gasteiger partial charge >= 0.3 is 0 Å². The van der Waals surface area contributed by atoms with Crippen LogP contribution in [0.1, 0.15) is 58.9 Å². The van der Waals surface area contributed by atoms with Gasteiger partial charge in [0.25, 0.3) is 5.91 Å². The predicted molar refractivity (Wildman–Crippen MR) is 164 cm³/mol. The number of hydrogen-bond acceptors (Lipinski definition) is 4. The van der Waals surface area contributed by atoms with E-state index in [1.807, 2.05) is 31.2 Å². The lowest BCUT2D eigenvalue weighted by Crippen LogP contribution is -2.48. The summed E-state index contributed by atoms with van der Waals surface area (Å²) >= 11 is 0. The molecule has 0 saturated heterocycles. The molecule has 0 bridgehead atoms. The quantitative estimate of drug-likeness (QED) is 0.222. The molecule has 0 saturated carbocycles. The van der Waals surface area contributed by atoms with Crippen molar-refractivity contribution < 1.29 is 18.7 Å². The standard InChI is InChI=1S/C33H43F2N3O2.ClH/c1-6-24-8-7-9-25(12-24)18-36-19-32(39)31(16-26-14-29(34)17-30(35)15-26)37-33(40)28-11-23(4)10-27(13-28)21-38(5)20-22(2)3;/h7-15,17,22,31-32,36,39H,6,16,18-21H2,1-5H3,(H,37,40);1H/t31-,32+;/m0./s1. The summed E-state index contributed by atoms with van der Waals surface area (Å²) in [5.41, 5.74) is 5.15. The topological polar surface area (TPSA) is 64.6 Å². The smallest absolute Gasteiger partial charge is 0.251 e. The Kier molecular flexibility index (Phi) is 13.9. The lowest BCUT2D eigenvalue weighted by molar-refractivity contribution is 0.0829. The first-order valence-corrected chi connectivity index (χ1v) is 14.0. The summed E-state index contributed by atoms with van der Waals surface area (Å²) in [5.74, 6) is -1.21. The normalized spacial score (nSPS) is 12.7. The Morgan fingerprint density at radius 1 is 0.951 bits per heavy atom. The number of hydrogen-bond donors (Lipinski definition) is 3. The third-order valence-corrected chi connectivity index (χ3v) is 6.77. The van der Waals surface area contributed by atoms with Gasteiger partial charge in [0.15, 0.2) is 0 Å². The van der Waals surface area contributed by atoms with Gasteiger partial charge in [-0.2, -0.15) is 0 Å². The van der Waals surface area contributed by atoms with Gasteiger partial charge in [-0.05, 0) is 79.3 Å². The van der Waals surface area contributed by atoms with Crippen LogP contribution in [0.3, 0.4) is 0 Å². The third-order valence-electron chi connectivity index (χ3n) is 6.77. The average molecular weight is 588 g/mol. The zero-order valence-corrected chi connectivity index (χ0v) is 25.5. The van der Waals surface area contributed by atoms with Crippen molar-refractivity contribution in [1.82, 2.24) is 15.5 Å². The predicted octanol–water partition coefficient (Wildman–Crippen LogP) is 5.84. The summed E-state index contributed by atoms with van der Waals surface area (Å²) in [6, 6.07) is 16.4. The minimum atomic E-state index is -0.994. The van der Waals surface area contributed by atoms with Crippen LogP contribution in [0.15, 0.2) is 60.7 Å². The van der Waals surface area contributed by atoms with E-state index in [0.717, 1.165) is 35.7 Å². The number of aliphatic hydroxyl groups is 1. The molecule has 0 aliphatic carbocycles.